The van der Waals surface area contributed by atoms with Gasteiger partial charge in [-0.15, -0.1) is 0 Å². The van der Waals surface area contributed by atoms with Gasteiger partial charge in [-0.1, -0.05) is 5.04 Å². The van der Waals surface area contributed by atoms with Gasteiger partial charge in [-0.25, -0.2) is 10.5 Å². The van der Waals surface area contributed by atoms with Crippen LogP contribution in [0, 0.1) is 0 Å². The maximum Gasteiger partial charge on any atom is 0 e. The quantitative estimate of drug-likeness (QED) is 0.301. The minimum atomic E-state index is 0. The van der Waals surface area contributed by atoms with Crippen LogP contribution in [-0.2, 0) is 43.1 Å². The fourth-order valence-electron chi connectivity index (χ4n) is 0. The van der Waals surface area contributed by atoms with Gasteiger partial charge in [0.2, 0.25) is 0 Å². The van der Waals surface area contributed by atoms with Crippen LogP contribution >= 0.6 is 0 Å². The van der Waals surface area contributed by atoms with E-state index < -0.39 is 0 Å². The van der Waals surface area contributed by atoms with Gasteiger partial charge in [-0.05, 0) is 0 Å². The van der Waals surface area contributed by atoms with E-state index in [1.54, 1.807) is 0 Å². The molecule has 0 aromatic heterocycles. The van der Waals surface area contributed by atoms with Crippen LogP contribution < -0.4 is 0 Å². The molecule has 0 bridgehead atoms. The van der Waals surface area contributed by atoms with Gasteiger partial charge < -0.3 is 0 Å². The van der Waals surface area contributed by atoms with Crippen molar-refractivity contribution in [3.8, 4) is 0 Å². The van der Waals surface area contributed by atoms with Gasteiger partial charge in [0.1, 0.15) is 0 Å². The van der Waals surface area contributed by atoms with Gasteiger partial charge >= 0.3 is 0 Å². The molecule has 0 atom stereocenters. The molecule has 0 aliphatic carbocycles. The van der Waals surface area contributed by atoms with Gasteiger partial charge in [0, 0.05) is 38.0 Å². The van der Waals surface area contributed by atoms with Crippen molar-refractivity contribution in [2.75, 3.05) is 0 Å². The Hall–Kier alpha value is 1.09. The Morgan fingerprint density at radius 3 is 1.20 bits per heavy atom. The topological polar surface area (TPSA) is 49.7 Å². The van der Waals surface area contributed by atoms with Crippen molar-refractivity contribution in [1.82, 2.24) is 0 Å². The zero-order chi connectivity index (χ0) is 2.71. The van der Waals surface area contributed by atoms with Gasteiger partial charge in [0.05, 0.1) is 0 Å². The first-order chi connectivity index (χ1) is 1.41. The monoisotopic (exact) mass is 165 g/mol. The van der Waals surface area contributed by atoms with Crippen LogP contribution in [-0.4, -0.2) is 10.5 Å². The Labute approximate surface area is 53.8 Å². The van der Waals surface area contributed by atoms with Gasteiger partial charge in [-0.3, -0.25) is 0 Å². The smallest absolute Gasteiger partial charge is 0 e. The third-order valence-electron chi connectivity index (χ3n) is 0. The average Bonchev–Trinajstić information content (AvgIpc) is 0.918. The molecular formula is H2O3VZn. The summed E-state index contributed by atoms with van der Waals surface area (Å²) < 4.78 is 0. The van der Waals surface area contributed by atoms with Crippen LogP contribution in [0.1, 0.15) is 0 Å². The Balaban J connectivity index is -0.0000000200. The van der Waals surface area contributed by atoms with Crippen LogP contribution in [0.4, 0.5) is 0 Å². The Kier molecular flexibility index (Phi) is 64.5. The molecule has 0 amide bonds. The minimum absolute atomic E-state index is 0. The second kappa shape index (κ2) is 19.5. The summed E-state index contributed by atoms with van der Waals surface area (Å²) in [5, 5.41) is 15.5. The molecule has 0 saturated carbocycles. The molecule has 0 aromatic rings. The number of hydrogen-bond acceptors (Lipinski definition) is 3. The molecule has 0 unspecified atom stereocenters. The summed E-state index contributed by atoms with van der Waals surface area (Å²) in [5.41, 5.74) is 0. The van der Waals surface area contributed by atoms with Crippen LogP contribution in [0.15, 0.2) is 0 Å². The fourth-order valence-corrected chi connectivity index (χ4v) is 0. The van der Waals surface area contributed by atoms with Crippen molar-refractivity contribution in [2.45, 2.75) is 0 Å². The Morgan fingerprint density at radius 1 is 1.20 bits per heavy atom. The molecule has 1 radical (unpaired) electrons. The zero-order valence-corrected chi connectivity index (χ0v) is 6.82. The number of rotatable bonds is 0. The summed E-state index contributed by atoms with van der Waals surface area (Å²) in [6.07, 6.45) is 0. The summed E-state index contributed by atoms with van der Waals surface area (Å²) in [5.74, 6) is 0. The van der Waals surface area contributed by atoms with Gasteiger partial charge in [0.15, 0.2) is 0 Å². The van der Waals surface area contributed by atoms with E-state index in [2.05, 4.69) is 5.04 Å². The molecule has 5 heteroatoms. The second-order valence-electron chi connectivity index (χ2n) is 0.0816. The van der Waals surface area contributed by atoms with Crippen molar-refractivity contribution in [1.29, 1.82) is 0 Å². The van der Waals surface area contributed by atoms with Crippen LogP contribution in [0.2, 0.25) is 0 Å². The first-order valence-electron chi connectivity index (χ1n) is 0.365. The molecule has 0 aromatic carbocycles. The van der Waals surface area contributed by atoms with Gasteiger partial charge in [0.25, 0.3) is 0 Å². The Bertz CT molecular complexity index is 6.85. The summed E-state index contributed by atoms with van der Waals surface area (Å²) in [7, 11) is 0. The summed E-state index contributed by atoms with van der Waals surface area (Å²) >= 11 is 0. The van der Waals surface area contributed by atoms with E-state index in [1.165, 1.54) is 0 Å². The van der Waals surface area contributed by atoms with Crippen LogP contribution in [0.5, 0.6) is 0 Å². The van der Waals surface area contributed by atoms with Crippen LogP contribution in [0.3, 0.4) is 0 Å². The van der Waals surface area contributed by atoms with Crippen molar-refractivity contribution >= 4 is 0 Å². The van der Waals surface area contributed by atoms with E-state index in [4.69, 9.17) is 10.5 Å². The molecule has 0 heterocycles. The molecule has 0 spiro atoms. The standard InChI is InChI=1S/H2O3.V.Zn/c1-3-2;;/h1-2H;;. The summed E-state index contributed by atoms with van der Waals surface area (Å²) in [6.45, 7) is 0. The molecule has 0 fully saturated rings. The van der Waals surface area contributed by atoms with E-state index in [0.717, 1.165) is 0 Å². The van der Waals surface area contributed by atoms with E-state index in [1.807, 2.05) is 0 Å². The molecule has 0 saturated heterocycles. The molecule has 3 nitrogen and oxygen atoms in total. The largest absolute Gasteiger partial charge is 0.221 e. The normalized spacial score (nSPS) is 3.60. The molecule has 0 aliphatic heterocycles. The molecule has 0 aliphatic rings. The van der Waals surface area contributed by atoms with E-state index in [0.29, 0.717) is 0 Å². The maximum atomic E-state index is 6.62. The van der Waals surface area contributed by atoms with Crippen molar-refractivity contribution in [2.24, 2.45) is 0 Å². The molecule has 27 valence electrons. The summed E-state index contributed by atoms with van der Waals surface area (Å²) in [6, 6.07) is 0. The van der Waals surface area contributed by atoms with E-state index in [-0.39, 0.29) is 38.0 Å². The first kappa shape index (κ1) is 16.5. The van der Waals surface area contributed by atoms with E-state index >= 15 is 0 Å². The molecule has 0 rings (SSSR count). The predicted molar refractivity (Wildman–Crippen MR) is 6.34 cm³/mol. The van der Waals surface area contributed by atoms with Crippen molar-refractivity contribution in [3.05, 3.63) is 0 Å². The van der Waals surface area contributed by atoms with E-state index in [9.17, 15) is 0 Å². The van der Waals surface area contributed by atoms with Gasteiger partial charge in [-0.2, -0.15) is 0 Å². The van der Waals surface area contributed by atoms with Crippen LogP contribution in [0.25, 0.3) is 0 Å². The third-order valence-corrected chi connectivity index (χ3v) is 0. The summed E-state index contributed by atoms with van der Waals surface area (Å²) in [4.78, 5) is 0. The van der Waals surface area contributed by atoms with Crippen molar-refractivity contribution < 1.29 is 53.6 Å². The Morgan fingerprint density at radius 2 is 1.20 bits per heavy atom. The predicted octanol–water partition coefficient (Wildman–Crippen LogP) is -0.0560. The third kappa shape index (κ3) is 41.0. The zero-order valence-electron chi connectivity index (χ0n) is 2.46. The first-order valence-corrected chi connectivity index (χ1v) is 0.365. The number of hydrogen-bond donors (Lipinski definition) is 2. The second-order valence-corrected chi connectivity index (χ2v) is 0.0816. The molecule has 2 N–H and O–H groups in total. The SMILES string of the molecule is OOO.[V].[Zn]. The molecule has 5 heavy (non-hydrogen) atoms. The fraction of sp³-hybridized carbons (Fsp3) is 0. The minimum Gasteiger partial charge on any atom is -0.221 e. The van der Waals surface area contributed by atoms with Crippen molar-refractivity contribution in [3.63, 3.8) is 0 Å². The molecular weight excluding hydrogens is 164 g/mol. The maximum absolute atomic E-state index is 6.62. The average molecular weight is 166 g/mol.